The summed E-state index contributed by atoms with van der Waals surface area (Å²) in [5, 5.41) is 3.14. The highest BCUT2D eigenvalue weighted by Gasteiger charge is 2.34. The van der Waals surface area contributed by atoms with E-state index in [2.05, 4.69) is 5.32 Å². The summed E-state index contributed by atoms with van der Waals surface area (Å²) < 4.78 is 34.8. The number of carbonyl (C=O) groups excluding carboxylic acids is 2. The van der Waals surface area contributed by atoms with Crippen LogP contribution >= 0.6 is 0 Å². The average molecular weight is 606 g/mol. The first-order valence-corrected chi connectivity index (χ1v) is 16.3. The molecule has 0 saturated heterocycles. The van der Waals surface area contributed by atoms with Crippen LogP contribution in [0.15, 0.2) is 71.6 Å². The van der Waals surface area contributed by atoms with Gasteiger partial charge in [-0.15, -0.1) is 0 Å². The summed E-state index contributed by atoms with van der Waals surface area (Å²) in [5.41, 5.74) is 3.78. The lowest BCUT2D eigenvalue weighted by molar-refractivity contribution is -0.139. The predicted molar refractivity (Wildman–Crippen MR) is 170 cm³/mol. The molecule has 3 aromatic rings. The lowest BCUT2D eigenvalue weighted by Gasteiger charge is -2.33. The van der Waals surface area contributed by atoms with Gasteiger partial charge in [0, 0.05) is 12.6 Å². The van der Waals surface area contributed by atoms with Crippen molar-refractivity contribution in [2.45, 2.75) is 83.3 Å². The molecular weight excluding hydrogens is 562 g/mol. The summed E-state index contributed by atoms with van der Waals surface area (Å²) in [7, 11) is -2.56. The second-order valence-electron chi connectivity index (χ2n) is 11.4. The van der Waals surface area contributed by atoms with Gasteiger partial charge in [-0.3, -0.25) is 13.9 Å². The van der Waals surface area contributed by atoms with Crippen molar-refractivity contribution < 1.29 is 22.7 Å². The Kier molecular flexibility index (Phi) is 10.5. The summed E-state index contributed by atoms with van der Waals surface area (Å²) in [5.74, 6) is -0.100. The van der Waals surface area contributed by atoms with Gasteiger partial charge in [0.15, 0.2) is 0 Å². The van der Waals surface area contributed by atoms with E-state index in [1.807, 2.05) is 51.1 Å². The van der Waals surface area contributed by atoms with Crippen molar-refractivity contribution in [3.8, 4) is 5.75 Å². The molecule has 2 amide bonds. The Balaban J connectivity index is 1.72. The normalized spacial score (nSPS) is 14.5. The number of sulfonamides is 1. The highest BCUT2D eigenvalue weighted by atomic mass is 32.2. The molecule has 8 nitrogen and oxygen atoms in total. The molecule has 0 bridgehead atoms. The first-order valence-electron chi connectivity index (χ1n) is 14.9. The first-order chi connectivity index (χ1) is 20.5. The molecule has 3 aromatic carbocycles. The van der Waals surface area contributed by atoms with Gasteiger partial charge in [0.1, 0.15) is 18.3 Å². The minimum absolute atomic E-state index is 0.0748. The van der Waals surface area contributed by atoms with Crippen molar-refractivity contribution in [3.05, 3.63) is 89.0 Å². The maximum absolute atomic E-state index is 14.3. The van der Waals surface area contributed by atoms with Crippen molar-refractivity contribution in [2.24, 2.45) is 0 Å². The Morgan fingerprint density at radius 3 is 2.30 bits per heavy atom. The predicted octanol–water partition coefficient (Wildman–Crippen LogP) is 5.68. The number of ether oxygens (including phenoxy) is 1. The van der Waals surface area contributed by atoms with E-state index < -0.39 is 28.5 Å². The van der Waals surface area contributed by atoms with Crippen LogP contribution in [0.4, 0.5) is 5.69 Å². The van der Waals surface area contributed by atoms with E-state index in [4.69, 9.17) is 4.74 Å². The third kappa shape index (κ3) is 7.76. The third-order valence-corrected chi connectivity index (χ3v) is 10.1. The molecule has 0 aliphatic heterocycles. The quantitative estimate of drug-likeness (QED) is 0.303. The minimum Gasteiger partial charge on any atom is -0.497 e. The maximum atomic E-state index is 14.3. The van der Waals surface area contributed by atoms with Gasteiger partial charge in [0.05, 0.1) is 17.7 Å². The van der Waals surface area contributed by atoms with E-state index in [1.54, 1.807) is 50.4 Å². The fourth-order valence-electron chi connectivity index (χ4n) is 5.48. The molecule has 9 heteroatoms. The van der Waals surface area contributed by atoms with E-state index in [0.29, 0.717) is 11.4 Å². The molecule has 230 valence electrons. The molecule has 1 aliphatic rings. The number of aryl methyl sites for hydroxylation is 2. The summed E-state index contributed by atoms with van der Waals surface area (Å²) in [4.78, 5) is 29.3. The topological polar surface area (TPSA) is 96.0 Å². The second-order valence-corrected chi connectivity index (χ2v) is 13.3. The fourth-order valence-corrected chi connectivity index (χ4v) is 6.95. The number of carbonyl (C=O) groups is 2. The Morgan fingerprint density at radius 2 is 1.63 bits per heavy atom. The molecule has 0 aromatic heterocycles. The molecule has 0 heterocycles. The lowest BCUT2D eigenvalue weighted by Crippen LogP contribution is -2.53. The molecule has 1 saturated carbocycles. The van der Waals surface area contributed by atoms with Crippen LogP contribution in [-0.4, -0.2) is 50.9 Å². The molecule has 4 rings (SSSR count). The summed E-state index contributed by atoms with van der Waals surface area (Å²) in [6, 6.07) is 18.6. The zero-order valence-electron chi connectivity index (χ0n) is 25.8. The Bertz CT molecular complexity index is 1530. The Hall–Kier alpha value is -3.85. The number of methoxy groups -OCH3 is 1. The minimum atomic E-state index is -4.13. The van der Waals surface area contributed by atoms with E-state index in [1.165, 1.54) is 9.21 Å². The number of benzene rings is 3. The van der Waals surface area contributed by atoms with E-state index in [9.17, 15) is 18.0 Å². The molecule has 1 aliphatic carbocycles. The number of hydrogen-bond acceptors (Lipinski definition) is 5. The number of amides is 2. The Labute approximate surface area is 256 Å². The fraction of sp³-hybridized carbons (Fsp3) is 0.412. The van der Waals surface area contributed by atoms with E-state index in [0.717, 1.165) is 54.4 Å². The highest BCUT2D eigenvalue weighted by Crippen LogP contribution is 2.29. The van der Waals surface area contributed by atoms with Gasteiger partial charge >= 0.3 is 0 Å². The van der Waals surface area contributed by atoms with E-state index in [-0.39, 0.29) is 23.4 Å². The standard InChI is InChI=1S/C34H43N3O5S/c1-24-17-19-31(20-18-24)43(40,41)37(32-16-9-11-25(2)26(32)3)23-33(38)36(22-28-12-10-15-30(21-28)42-5)27(4)34(39)35-29-13-7-6-8-14-29/h9-12,15-21,27,29H,6-8,13-14,22-23H2,1-5H3,(H,35,39)/t27-/m1/s1. The van der Waals surface area contributed by atoms with Gasteiger partial charge in [-0.2, -0.15) is 0 Å². The van der Waals surface area contributed by atoms with Crippen LogP contribution in [0, 0.1) is 20.8 Å². The number of rotatable bonds is 11. The molecular formula is C34H43N3O5S. The van der Waals surface area contributed by atoms with Crippen LogP contribution in [0.2, 0.25) is 0 Å². The zero-order valence-corrected chi connectivity index (χ0v) is 26.6. The number of nitrogens with one attached hydrogen (secondary N) is 1. The summed E-state index contributed by atoms with van der Waals surface area (Å²) >= 11 is 0. The van der Waals surface area contributed by atoms with Crippen LogP contribution < -0.4 is 14.4 Å². The van der Waals surface area contributed by atoms with Crippen LogP contribution in [0.3, 0.4) is 0 Å². The first kappa shape index (κ1) is 32.1. The molecule has 1 atom stereocenters. The second kappa shape index (κ2) is 14.1. The SMILES string of the molecule is COc1cccc(CN(C(=O)CN(c2cccc(C)c2C)S(=O)(=O)c2ccc(C)cc2)[C@H](C)C(=O)NC2CCCCC2)c1. The maximum Gasteiger partial charge on any atom is 0.264 e. The van der Waals surface area contributed by atoms with Gasteiger partial charge < -0.3 is 15.0 Å². The molecule has 1 N–H and O–H groups in total. The van der Waals surface area contributed by atoms with Gasteiger partial charge in [0.2, 0.25) is 11.8 Å². The van der Waals surface area contributed by atoms with Crippen LogP contribution in [-0.2, 0) is 26.2 Å². The van der Waals surface area contributed by atoms with Crippen molar-refractivity contribution in [3.63, 3.8) is 0 Å². The summed E-state index contributed by atoms with van der Waals surface area (Å²) in [6.45, 7) is 6.99. The third-order valence-electron chi connectivity index (χ3n) is 8.34. The molecule has 1 fully saturated rings. The highest BCUT2D eigenvalue weighted by molar-refractivity contribution is 7.92. The number of hydrogen-bond donors (Lipinski definition) is 1. The van der Waals surface area contributed by atoms with Crippen LogP contribution in [0.25, 0.3) is 0 Å². The van der Waals surface area contributed by atoms with Gasteiger partial charge in [0.25, 0.3) is 10.0 Å². The van der Waals surface area contributed by atoms with Crippen molar-refractivity contribution in [1.82, 2.24) is 10.2 Å². The van der Waals surface area contributed by atoms with Gasteiger partial charge in [-0.05, 0) is 87.6 Å². The van der Waals surface area contributed by atoms with Crippen molar-refractivity contribution >= 4 is 27.5 Å². The average Bonchev–Trinajstić information content (AvgIpc) is 3.00. The molecule has 0 spiro atoms. The molecule has 43 heavy (non-hydrogen) atoms. The molecule has 0 radical (unpaired) electrons. The number of nitrogens with zero attached hydrogens (tertiary/aromatic N) is 2. The lowest BCUT2D eigenvalue weighted by atomic mass is 9.95. The van der Waals surface area contributed by atoms with Crippen LogP contribution in [0.1, 0.15) is 61.3 Å². The number of anilines is 1. The van der Waals surface area contributed by atoms with Crippen molar-refractivity contribution in [1.29, 1.82) is 0 Å². The Morgan fingerprint density at radius 1 is 0.953 bits per heavy atom. The van der Waals surface area contributed by atoms with Crippen LogP contribution in [0.5, 0.6) is 5.75 Å². The smallest absolute Gasteiger partial charge is 0.264 e. The molecule has 0 unspecified atom stereocenters. The largest absolute Gasteiger partial charge is 0.497 e. The monoisotopic (exact) mass is 605 g/mol. The summed E-state index contributed by atoms with van der Waals surface area (Å²) in [6.07, 6.45) is 5.11. The van der Waals surface area contributed by atoms with Gasteiger partial charge in [-0.25, -0.2) is 8.42 Å². The zero-order chi connectivity index (χ0) is 31.1. The van der Waals surface area contributed by atoms with Crippen molar-refractivity contribution in [2.75, 3.05) is 18.0 Å². The van der Waals surface area contributed by atoms with E-state index >= 15 is 0 Å². The van der Waals surface area contributed by atoms with Gasteiger partial charge in [-0.1, -0.05) is 61.2 Å².